The first-order chi connectivity index (χ1) is 18.5. The van der Waals surface area contributed by atoms with Gasteiger partial charge < -0.3 is 10.6 Å². The number of hydrazine groups is 1. The van der Waals surface area contributed by atoms with E-state index in [1.807, 2.05) is 0 Å². The fourth-order valence-electron chi connectivity index (χ4n) is 7.92. The van der Waals surface area contributed by atoms with Gasteiger partial charge in [0.15, 0.2) is 0 Å². The second-order valence-electron chi connectivity index (χ2n) is 13.0. The predicted octanol–water partition coefficient (Wildman–Crippen LogP) is 2.64. The van der Waals surface area contributed by atoms with Crippen molar-refractivity contribution in [3.8, 4) is 0 Å². The molecule has 3 saturated heterocycles. The third-order valence-corrected chi connectivity index (χ3v) is 10.7. The summed E-state index contributed by atoms with van der Waals surface area (Å²) in [6.07, 6.45) is 13.8. The summed E-state index contributed by atoms with van der Waals surface area (Å²) >= 11 is 6.38. The Morgan fingerprint density at radius 1 is 1.03 bits per heavy atom. The molecule has 8 atom stereocenters. The number of hydrogen-bond acceptors (Lipinski definition) is 7. The summed E-state index contributed by atoms with van der Waals surface area (Å²) in [5, 5.41) is 21.3. The van der Waals surface area contributed by atoms with Crippen LogP contribution in [0.3, 0.4) is 0 Å². The van der Waals surface area contributed by atoms with Crippen LogP contribution in [0, 0.1) is 17.8 Å². The van der Waals surface area contributed by atoms with Gasteiger partial charge in [-0.05, 0) is 102 Å². The van der Waals surface area contributed by atoms with Crippen molar-refractivity contribution in [2.45, 2.75) is 133 Å². The molecule has 5 fully saturated rings. The van der Waals surface area contributed by atoms with E-state index in [-0.39, 0.29) is 30.2 Å². The third kappa shape index (κ3) is 7.23. The first kappa shape index (κ1) is 29.0. The molecule has 8 unspecified atom stereocenters. The fourth-order valence-corrected chi connectivity index (χ4v) is 8.17. The Kier molecular flexibility index (Phi) is 10.6. The van der Waals surface area contributed by atoms with Crippen molar-refractivity contribution in [1.29, 1.82) is 0 Å². The van der Waals surface area contributed by atoms with Crippen LogP contribution in [0.5, 0.6) is 0 Å². The number of alkyl halides is 1. The Labute approximate surface area is 235 Å². The minimum atomic E-state index is 0.0287. The zero-order chi connectivity index (χ0) is 26.5. The van der Waals surface area contributed by atoms with Crippen LogP contribution in [-0.2, 0) is 4.79 Å². The number of piperidine rings is 1. The average Bonchev–Trinajstić information content (AvgIpc) is 3.35. The van der Waals surface area contributed by atoms with Crippen LogP contribution >= 0.6 is 11.6 Å². The summed E-state index contributed by atoms with van der Waals surface area (Å²) in [6.45, 7) is 8.73. The van der Waals surface area contributed by atoms with Gasteiger partial charge >= 0.3 is 0 Å². The lowest BCUT2D eigenvalue weighted by atomic mass is 9.82. The lowest BCUT2D eigenvalue weighted by molar-refractivity contribution is -0.126. The highest BCUT2D eigenvalue weighted by Gasteiger charge is 2.43. The second kappa shape index (κ2) is 13.9. The van der Waals surface area contributed by atoms with Gasteiger partial charge in [0.2, 0.25) is 5.91 Å². The Bertz CT molecular complexity index is 744. The van der Waals surface area contributed by atoms with Crippen molar-refractivity contribution in [2.75, 3.05) is 26.2 Å². The average molecular weight is 552 g/mol. The number of carbonyl (C=O) groups excluding carboxylic acids is 1. The molecule has 2 saturated carbocycles. The molecular weight excluding hydrogens is 498 g/mol. The quantitative estimate of drug-likeness (QED) is 0.258. The normalized spacial score (nSPS) is 43.1. The van der Waals surface area contributed by atoms with E-state index in [0.717, 1.165) is 83.3 Å². The predicted molar refractivity (Wildman–Crippen MR) is 155 cm³/mol. The first-order valence-electron chi connectivity index (χ1n) is 15.9. The molecule has 0 bridgehead atoms. The molecule has 8 nitrogen and oxygen atoms in total. The second-order valence-corrected chi connectivity index (χ2v) is 13.6. The van der Waals surface area contributed by atoms with Gasteiger partial charge in [0.1, 0.15) is 6.29 Å². The van der Waals surface area contributed by atoms with Crippen molar-refractivity contribution in [2.24, 2.45) is 17.8 Å². The molecular formula is C29H54ClN7O. The molecule has 0 spiro atoms. The smallest absolute Gasteiger partial charge is 0.226 e. The van der Waals surface area contributed by atoms with Gasteiger partial charge in [0.25, 0.3) is 0 Å². The van der Waals surface area contributed by atoms with Crippen LogP contribution in [-0.4, -0.2) is 79.0 Å². The lowest BCUT2D eigenvalue weighted by Crippen LogP contribution is -2.66. The molecule has 5 aliphatic rings. The van der Waals surface area contributed by atoms with E-state index in [1.54, 1.807) is 0 Å². The molecule has 218 valence electrons. The van der Waals surface area contributed by atoms with Gasteiger partial charge in [0.05, 0.1) is 5.92 Å². The summed E-state index contributed by atoms with van der Waals surface area (Å²) < 4.78 is 0. The molecule has 38 heavy (non-hydrogen) atoms. The first-order valence-corrected chi connectivity index (χ1v) is 16.4. The van der Waals surface area contributed by atoms with Gasteiger partial charge in [-0.3, -0.25) is 26.2 Å². The molecule has 2 aliphatic carbocycles. The summed E-state index contributed by atoms with van der Waals surface area (Å²) in [6, 6.07) is 2.02. The molecule has 1 amide bonds. The maximum absolute atomic E-state index is 13.6. The Morgan fingerprint density at radius 2 is 1.87 bits per heavy atom. The van der Waals surface area contributed by atoms with E-state index in [4.69, 9.17) is 11.6 Å². The number of hydrogen-bond donors (Lipinski definition) is 6. The van der Waals surface area contributed by atoms with Crippen molar-refractivity contribution < 1.29 is 4.79 Å². The summed E-state index contributed by atoms with van der Waals surface area (Å²) in [7, 11) is 0. The van der Waals surface area contributed by atoms with E-state index in [1.165, 1.54) is 25.8 Å². The van der Waals surface area contributed by atoms with Crippen LogP contribution < -0.4 is 32.0 Å². The molecule has 0 radical (unpaired) electrons. The third-order valence-electron chi connectivity index (χ3n) is 10.3. The van der Waals surface area contributed by atoms with E-state index in [9.17, 15) is 4.79 Å². The zero-order valence-corrected chi connectivity index (χ0v) is 24.6. The Balaban J connectivity index is 1.13. The van der Waals surface area contributed by atoms with E-state index >= 15 is 0 Å². The van der Waals surface area contributed by atoms with Crippen LogP contribution in [0.2, 0.25) is 0 Å². The standard InChI is InChI=1S/C29H54ClN7O/c1-3-5-27-24(18-33-37(27)23-11-8-21(30)9-12-23)28(38)34-22-10-7-19(2)26(16-22)36-29-32-15-13-25(35-29)20-6-4-14-31-17-20/h19-27,29,31-33,35-36H,3-18H2,1-2H3,(H,34,38). The van der Waals surface area contributed by atoms with E-state index in [2.05, 4.69) is 50.9 Å². The minimum absolute atomic E-state index is 0.0287. The number of carbonyl (C=O) groups is 1. The van der Waals surface area contributed by atoms with Gasteiger partial charge in [-0.15, -0.1) is 11.6 Å². The SMILES string of the molecule is CCCC1C(C(=O)NC2CCC(C)C(NC3NCCC(C4CCCNC4)N3)C2)CNN1C1CCC(Cl)CC1. The number of rotatable bonds is 8. The molecule has 9 heteroatoms. The Morgan fingerprint density at radius 3 is 2.63 bits per heavy atom. The summed E-state index contributed by atoms with van der Waals surface area (Å²) in [5.74, 6) is 1.62. The van der Waals surface area contributed by atoms with Crippen molar-refractivity contribution in [1.82, 2.24) is 37.0 Å². The number of nitrogens with one attached hydrogen (secondary N) is 6. The molecule has 0 aromatic carbocycles. The van der Waals surface area contributed by atoms with Gasteiger partial charge in [0, 0.05) is 42.1 Å². The largest absolute Gasteiger partial charge is 0.353 e. The maximum Gasteiger partial charge on any atom is 0.226 e. The van der Waals surface area contributed by atoms with Gasteiger partial charge in [-0.1, -0.05) is 20.3 Å². The van der Waals surface area contributed by atoms with Gasteiger partial charge in [-0.25, -0.2) is 5.01 Å². The van der Waals surface area contributed by atoms with Crippen LogP contribution in [0.1, 0.15) is 90.9 Å². The highest BCUT2D eigenvalue weighted by molar-refractivity contribution is 6.20. The molecule has 0 aromatic heterocycles. The van der Waals surface area contributed by atoms with E-state index < -0.39 is 0 Å². The minimum Gasteiger partial charge on any atom is -0.353 e. The molecule has 3 aliphatic heterocycles. The maximum atomic E-state index is 13.6. The van der Waals surface area contributed by atoms with Crippen molar-refractivity contribution in [3.05, 3.63) is 0 Å². The van der Waals surface area contributed by atoms with Crippen molar-refractivity contribution in [3.63, 3.8) is 0 Å². The van der Waals surface area contributed by atoms with Crippen molar-refractivity contribution >= 4 is 17.5 Å². The fraction of sp³-hybridized carbons (Fsp3) is 0.966. The van der Waals surface area contributed by atoms with Crippen LogP contribution in [0.25, 0.3) is 0 Å². The molecule has 0 aromatic rings. The molecule has 3 heterocycles. The Hall–Kier alpha value is -0.480. The lowest BCUT2D eigenvalue weighted by Gasteiger charge is -2.43. The summed E-state index contributed by atoms with van der Waals surface area (Å²) in [4.78, 5) is 13.6. The highest BCUT2D eigenvalue weighted by atomic mass is 35.5. The monoisotopic (exact) mass is 551 g/mol. The van der Waals surface area contributed by atoms with Crippen LogP contribution in [0.4, 0.5) is 0 Å². The number of amides is 1. The topological polar surface area (TPSA) is 92.5 Å². The highest BCUT2D eigenvalue weighted by Crippen LogP contribution is 2.32. The summed E-state index contributed by atoms with van der Waals surface area (Å²) in [5.41, 5.74) is 3.64. The van der Waals surface area contributed by atoms with E-state index in [0.29, 0.717) is 29.4 Å². The number of halogens is 1. The molecule has 6 N–H and O–H groups in total. The molecule has 5 rings (SSSR count). The van der Waals surface area contributed by atoms with Gasteiger partial charge in [-0.2, -0.15) is 0 Å². The van der Waals surface area contributed by atoms with Crippen LogP contribution in [0.15, 0.2) is 0 Å². The zero-order valence-electron chi connectivity index (χ0n) is 23.8. The number of nitrogens with zero attached hydrogens (tertiary/aromatic N) is 1.